The lowest BCUT2D eigenvalue weighted by Gasteiger charge is -2.06. The molecule has 4 heteroatoms. The molecular formula is C15H10ClFN2. The van der Waals surface area contributed by atoms with E-state index in [2.05, 4.69) is 4.98 Å². The highest BCUT2D eigenvalue weighted by Crippen LogP contribution is 2.31. The summed E-state index contributed by atoms with van der Waals surface area (Å²) in [5.41, 5.74) is 1.95. The van der Waals surface area contributed by atoms with Gasteiger partial charge in [-0.2, -0.15) is 5.26 Å². The lowest BCUT2D eigenvalue weighted by Crippen LogP contribution is -1.91. The van der Waals surface area contributed by atoms with Crippen molar-refractivity contribution in [3.05, 3.63) is 65.2 Å². The molecule has 94 valence electrons. The van der Waals surface area contributed by atoms with Crippen molar-refractivity contribution in [3.63, 3.8) is 0 Å². The standard InChI is InChI=1S/C15H10ClFN2/c1-10-2-3-14(17)12(8-10)15(16)13(9-18)11-4-6-19-7-5-11/h2-8H,1H3/b15-13+. The van der Waals surface area contributed by atoms with Gasteiger partial charge in [-0.15, -0.1) is 0 Å². The Bertz CT molecular complexity index is 672. The van der Waals surface area contributed by atoms with E-state index in [0.717, 1.165) is 5.56 Å². The van der Waals surface area contributed by atoms with Crippen LogP contribution < -0.4 is 0 Å². The molecule has 0 fully saturated rings. The molecule has 0 saturated heterocycles. The Hall–Kier alpha value is -2.18. The van der Waals surface area contributed by atoms with Gasteiger partial charge in [-0.1, -0.05) is 23.2 Å². The highest BCUT2D eigenvalue weighted by molar-refractivity contribution is 6.53. The summed E-state index contributed by atoms with van der Waals surface area (Å²) in [7, 11) is 0. The van der Waals surface area contributed by atoms with Crippen molar-refractivity contribution in [2.45, 2.75) is 6.92 Å². The van der Waals surface area contributed by atoms with Gasteiger partial charge >= 0.3 is 0 Å². The Kier molecular flexibility index (Phi) is 3.94. The van der Waals surface area contributed by atoms with E-state index >= 15 is 0 Å². The first kappa shape index (κ1) is 13.3. The van der Waals surface area contributed by atoms with E-state index in [-0.39, 0.29) is 16.2 Å². The second kappa shape index (κ2) is 5.64. The molecular weight excluding hydrogens is 263 g/mol. The van der Waals surface area contributed by atoms with Gasteiger partial charge in [0.05, 0.1) is 10.6 Å². The maximum atomic E-state index is 13.8. The van der Waals surface area contributed by atoms with Gasteiger partial charge < -0.3 is 0 Å². The second-order valence-corrected chi connectivity index (χ2v) is 4.40. The van der Waals surface area contributed by atoms with Crippen molar-refractivity contribution < 1.29 is 4.39 Å². The van der Waals surface area contributed by atoms with Crippen molar-refractivity contribution in [1.29, 1.82) is 5.26 Å². The van der Waals surface area contributed by atoms with Crippen molar-refractivity contribution >= 4 is 22.2 Å². The molecule has 0 radical (unpaired) electrons. The summed E-state index contributed by atoms with van der Waals surface area (Å²) in [5.74, 6) is -0.447. The van der Waals surface area contributed by atoms with E-state index in [1.54, 1.807) is 36.7 Å². The van der Waals surface area contributed by atoms with E-state index in [1.807, 2.05) is 13.0 Å². The normalized spacial score (nSPS) is 11.7. The van der Waals surface area contributed by atoms with E-state index < -0.39 is 5.82 Å². The molecule has 0 aliphatic carbocycles. The van der Waals surface area contributed by atoms with Crippen molar-refractivity contribution in [1.82, 2.24) is 4.98 Å². The number of allylic oxidation sites excluding steroid dienone is 1. The third kappa shape index (κ3) is 2.81. The second-order valence-electron chi connectivity index (χ2n) is 4.02. The first-order valence-electron chi connectivity index (χ1n) is 5.60. The summed E-state index contributed by atoms with van der Waals surface area (Å²) < 4.78 is 13.8. The smallest absolute Gasteiger partial charge is 0.131 e. The van der Waals surface area contributed by atoms with Gasteiger partial charge in [0.1, 0.15) is 11.9 Å². The van der Waals surface area contributed by atoms with E-state index in [9.17, 15) is 9.65 Å². The summed E-state index contributed by atoms with van der Waals surface area (Å²) in [4.78, 5) is 3.88. The number of aryl methyl sites for hydroxylation is 1. The number of benzene rings is 1. The summed E-state index contributed by atoms with van der Waals surface area (Å²) >= 11 is 6.18. The predicted molar refractivity (Wildman–Crippen MR) is 73.7 cm³/mol. The Balaban J connectivity index is 2.62. The molecule has 1 heterocycles. The fourth-order valence-corrected chi connectivity index (χ4v) is 2.00. The highest BCUT2D eigenvalue weighted by Gasteiger charge is 2.13. The zero-order valence-corrected chi connectivity index (χ0v) is 10.9. The zero-order chi connectivity index (χ0) is 13.8. The average molecular weight is 273 g/mol. The lowest BCUT2D eigenvalue weighted by molar-refractivity contribution is 0.624. The first-order chi connectivity index (χ1) is 9.13. The maximum Gasteiger partial charge on any atom is 0.131 e. The molecule has 0 N–H and O–H groups in total. The van der Waals surface area contributed by atoms with Gasteiger partial charge in [-0.3, -0.25) is 4.98 Å². The molecule has 2 aromatic rings. The third-order valence-corrected chi connectivity index (χ3v) is 3.05. The SMILES string of the molecule is Cc1ccc(F)c(/C(Cl)=C(/C#N)c2ccncc2)c1. The Morgan fingerprint density at radius 1 is 1.26 bits per heavy atom. The van der Waals surface area contributed by atoms with Crippen LogP contribution in [0.25, 0.3) is 10.6 Å². The molecule has 2 rings (SSSR count). The number of hydrogen-bond donors (Lipinski definition) is 0. The minimum atomic E-state index is -0.447. The van der Waals surface area contributed by atoms with Gasteiger partial charge in [0.2, 0.25) is 0 Å². The van der Waals surface area contributed by atoms with Gasteiger partial charge in [-0.05, 0) is 36.8 Å². The van der Waals surface area contributed by atoms with Crippen LogP contribution in [0.5, 0.6) is 0 Å². The number of aromatic nitrogens is 1. The summed E-state index contributed by atoms with van der Waals surface area (Å²) in [5, 5.41) is 9.34. The highest BCUT2D eigenvalue weighted by atomic mass is 35.5. The number of rotatable bonds is 2. The van der Waals surface area contributed by atoms with Crippen LogP contribution in [0.3, 0.4) is 0 Å². The van der Waals surface area contributed by atoms with Gasteiger partial charge in [0, 0.05) is 18.0 Å². The van der Waals surface area contributed by atoms with Crippen LogP contribution in [0.2, 0.25) is 0 Å². The number of nitrogens with zero attached hydrogens (tertiary/aromatic N) is 2. The number of nitriles is 1. The fraction of sp³-hybridized carbons (Fsp3) is 0.0667. The maximum absolute atomic E-state index is 13.8. The predicted octanol–water partition coefficient (Wildman–Crippen LogP) is 4.16. The van der Waals surface area contributed by atoms with Crippen LogP contribution in [0.15, 0.2) is 42.7 Å². The topological polar surface area (TPSA) is 36.7 Å². The minimum Gasteiger partial charge on any atom is -0.265 e. The van der Waals surface area contributed by atoms with Crippen LogP contribution >= 0.6 is 11.6 Å². The first-order valence-corrected chi connectivity index (χ1v) is 5.98. The molecule has 1 aromatic carbocycles. The third-order valence-electron chi connectivity index (χ3n) is 2.66. The molecule has 0 spiro atoms. The van der Waals surface area contributed by atoms with Crippen LogP contribution in [-0.2, 0) is 0 Å². The lowest BCUT2D eigenvalue weighted by atomic mass is 10.0. The summed E-state index contributed by atoms with van der Waals surface area (Å²) in [6.07, 6.45) is 3.12. The molecule has 0 unspecified atom stereocenters. The van der Waals surface area contributed by atoms with Crippen LogP contribution in [0.1, 0.15) is 16.7 Å². The number of pyridine rings is 1. The Labute approximate surface area is 115 Å². The largest absolute Gasteiger partial charge is 0.265 e. The number of halogens is 2. The molecule has 19 heavy (non-hydrogen) atoms. The van der Waals surface area contributed by atoms with Gasteiger partial charge in [-0.25, -0.2) is 4.39 Å². The fourth-order valence-electron chi connectivity index (χ4n) is 1.70. The average Bonchev–Trinajstić information content (AvgIpc) is 2.43. The zero-order valence-electron chi connectivity index (χ0n) is 10.2. The Morgan fingerprint density at radius 2 is 1.95 bits per heavy atom. The molecule has 0 aliphatic rings. The molecule has 0 amide bonds. The van der Waals surface area contributed by atoms with Gasteiger partial charge in [0.25, 0.3) is 0 Å². The van der Waals surface area contributed by atoms with E-state index in [1.165, 1.54) is 6.07 Å². The van der Waals surface area contributed by atoms with E-state index in [0.29, 0.717) is 5.56 Å². The summed E-state index contributed by atoms with van der Waals surface area (Å²) in [6.45, 7) is 1.84. The van der Waals surface area contributed by atoms with Crippen molar-refractivity contribution in [2.75, 3.05) is 0 Å². The number of hydrogen-bond acceptors (Lipinski definition) is 2. The Morgan fingerprint density at radius 3 is 2.58 bits per heavy atom. The molecule has 0 saturated carbocycles. The quantitative estimate of drug-likeness (QED) is 0.770. The minimum absolute atomic E-state index is 0.106. The molecule has 0 atom stereocenters. The monoisotopic (exact) mass is 272 g/mol. The van der Waals surface area contributed by atoms with Crippen LogP contribution in [-0.4, -0.2) is 4.98 Å². The van der Waals surface area contributed by atoms with Gasteiger partial charge in [0.15, 0.2) is 0 Å². The van der Waals surface area contributed by atoms with Crippen LogP contribution in [0, 0.1) is 24.1 Å². The van der Waals surface area contributed by atoms with E-state index in [4.69, 9.17) is 11.6 Å². The van der Waals surface area contributed by atoms with Crippen LogP contribution in [0.4, 0.5) is 4.39 Å². The van der Waals surface area contributed by atoms with Crippen molar-refractivity contribution in [2.24, 2.45) is 0 Å². The molecule has 0 bridgehead atoms. The molecule has 2 nitrogen and oxygen atoms in total. The summed E-state index contributed by atoms with van der Waals surface area (Å²) in [6, 6.07) is 9.96. The molecule has 0 aliphatic heterocycles. The molecule has 1 aromatic heterocycles. The van der Waals surface area contributed by atoms with Crippen molar-refractivity contribution in [3.8, 4) is 6.07 Å².